The lowest BCUT2D eigenvalue weighted by atomic mass is 10.1. The van der Waals surface area contributed by atoms with Crippen molar-refractivity contribution in [3.63, 3.8) is 0 Å². The molecule has 0 spiro atoms. The summed E-state index contributed by atoms with van der Waals surface area (Å²) in [5, 5.41) is 2.86. The summed E-state index contributed by atoms with van der Waals surface area (Å²) in [7, 11) is -3.38. The second-order valence-corrected chi connectivity index (χ2v) is 6.81. The van der Waals surface area contributed by atoms with Crippen LogP contribution in [0.2, 0.25) is 0 Å². The van der Waals surface area contributed by atoms with Gasteiger partial charge in [-0.1, -0.05) is 13.0 Å². The van der Waals surface area contributed by atoms with Gasteiger partial charge in [0, 0.05) is 24.2 Å². The number of aromatic nitrogens is 2. The fraction of sp³-hybridized carbons (Fsp3) is 0.267. The molecule has 2 aromatic heterocycles. The van der Waals surface area contributed by atoms with Crippen LogP contribution in [0.1, 0.15) is 35.4 Å². The predicted molar refractivity (Wildman–Crippen MR) is 82.1 cm³/mol. The van der Waals surface area contributed by atoms with E-state index in [0.29, 0.717) is 17.7 Å². The van der Waals surface area contributed by atoms with Gasteiger partial charge in [0.1, 0.15) is 0 Å². The zero-order chi connectivity index (χ0) is 16.2. The van der Waals surface area contributed by atoms with E-state index in [0.717, 1.165) is 6.26 Å². The fourth-order valence-electron chi connectivity index (χ4n) is 1.96. The Kier molecular flexibility index (Phi) is 4.87. The minimum atomic E-state index is -3.38. The number of rotatable bonds is 5. The number of carbonyl (C=O) groups excluding carboxylic acids is 1. The smallest absolute Gasteiger partial charge is 0.251 e. The van der Waals surface area contributed by atoms with Crippen molar-refractivity contribution < 1.29 is 13.2 Å². The third-order valence-electron chi connectivity index (χ3n) is 3.14. The zero-order valence-corrected chi connectivity index (χ0v) is 13.2. The van der Waals surface area contributed by atoms with Crippen LogP contribution in [0, 0.1) is 0 Å². The predicted octanol–water partition coefficient (Wildman–Crippen LogP) is 1.76. The Morgan fingerprint density at radius 3 is 2.50 bits per heavy atom. The molecule has 1 amide bonds. The normalized spacial score (nSPS) is 12.6. The summed E-state index contributed by atoms with van der Waals surface area (Å²) in [5.41, 5.74) is 1.01. The van der Waals surface area contributed by atoms with Gasteiger partial charge in [0.15, 0.2) is 14.9 Å². The van der Waals surface area contributed by atoms with Gasteiger partial charge < -0.3 is 5.32 Å². The topological polar surface area (TPSA) is 89.0 Å². The molecule has 0 bridgehead atoms. The lowest BCUT2D eigenvalue weighted by Crippen LogP contribution is -2.29. The molecular weight excluding hydrogens is 302 g/mol. The maximum atomic E-state index is 12.2. The van der Waals surface area contributed by atoms with Crippen LogP contribution in [0.5, 0.6) is 0 Å². The Balaban J connectivity index is 2.24. The minimum Gasteiger partial charge on any atom is -0.344 e. The van der Waals surface area contributed by atoms with Crippen molar-refractivity contribution >= 4 is 15.7 Å². The van der Waals surface area contributed by atoms with Crippen LogP contribution in [-0.2, 0) is 9.84 Å². The molecule has 0 fully saturated rings. The van der Waals surface area contributed by atoms with E-state index in [1.807, 2.05) is 6.92 Å². The Morgan fingerprint density at radius 1 is 1.23 bits per heavy atom. The van der Waals surface area contributed by atoms with Gasteiger partial charge in [-0.25, -0.2) is 13.4 Å². The first kappa shape index (κ1) is 16.1. The highest BCUT2D eigenvalue weighted by molar-refractivity contribution is 7.90. The van der Waals surface area contributed by atoms with Crippen LogP contribution in [0.15, 0.2) is 47.8 Å². The third-order valence-corrected chi connectivity index (χ3v) is 4.13. The van der Waals surface area contributed by atoms with Gasteiger partial charge in [-0.15, -0.1) is 0 Å². The molecular formula is C15H17N3O3S. The standard InChI is InChI=1S/C15H17N3O3S/c1-3-12(18-15(19)11-7-9-16-10-8-11)13-5-4-6-14(17-13)22(2,20)21/h4-10,12H,3H2,1-2H3,(H,18,19)/t12-/m0/s1. The zero-order valence-electron chi connectivity index (χ0n) is 12.4. The molecule has 22 heavy (non-hydrogen) atoms. The Bertz CT molecular complexity index is 761. The Hall–Kier alpha value is -2.28. The van der Waals surface area contributed by atoms with Crippen LogP contribution < -0.4 is 5.32 Å². The largest absolute Gasteiger partial charge is 0.344 e. The highest BCUT2D eigenvalue weighted by atomic mass is 32.2. The number of pyridine rings is 2. The molecule has 0 saturated heterocycles. The lowest BCUT2D eigenvalue weighted by Gasteiger charge is -2.17. The fourth-order valence-corrected chi connectivity index (χ4v) is 2.56. The van der Waals surface area contributed by atoms with E-state index in [-0.39, 0.29) is 17.0 Å². The van der Waals surface area contributed by atoms with Crippen molar-refractivity contribution in [2.45, 2.75) is 24.4 Å². The van der Waals surface area contributed by atoms with Crippen molar-refractivity contribution in [1.29, 1.82) is 0 Å². The van der Waals surface area contributed by atoms with Crippen molar-refractivity contribution in [3.8, 4) is 0 Å². The average Bonchev–Trinajstić information content (AvgIpc) is 2.52. The van der Waals surface area contributed by atoms with E-state index in [4.69, 9.17) is 0 Å². The highest BCUT2D eigenvalue weighted by Gasteiger charge is 2.17. The van der Waals surface area contributed by atoms with Crippen LogP contribution in [-0.4, -0.2) is 30.5 Å². The van der Waals surface area contributed by atoms with Crippen molar-refractivity contribution in [2.75, 3.05) is 6.26 Å². The molecule has 0 aliphatic carbocycles. The van der Waals surface area contributed by atoms with Crippen LogP contribution in [0.25, 0.3) is 0 Å². The van der Waals surface area contributed by atoms with Gasteiger partial charge in [-0.05, 0) is 30.7 Å². The monoisotopic (exact) mass is 319 g/mol. The summed E-state index contributed by atoms with van der Waals surface area (Å²) in [5.74, 6) is -0.249. The van der Waals surface area contributed by atoms with Gasteiger partial charge in [0.25, 0.3) is 5.91 Å². The number of sulfone groups is 1. The number of amides is 1. The van der Waals surface area contributed by atoms with E-state index in [1.165, 1.54) is 6.07 Å². The van der Waals surface area contributed by atoms with Gasteiger partial charge in [-0.2, -0.15) is 0 Å². The van der Waals surface area contributed by atoms with Crippen LogP contribution in [0.3, 0.4) is 0 Å². The van der Waals surface area contributed by atoms with E-state index >= 15 is 0 Å². The second kappa shape index (κ2) is 6.65. The first-order valence-electron chi connectivity index (χ1n) is 6.79. The Labute approximate surface area is 129 Å². The molecule has 0 unspecified atom stereocenters. The van der Waals surface area contributed by atoms with E-state index < -0.39 is 9.84 Å². The number of carbonyl (C=O) groups is 1. The molecule has 116 valence electrons. The SMILES string of the molecule is CC[C@H](NC(=O)c1ccncc1)c1cccc(S(C)(=O)=O)n1. The second-order valence-electron chi connectivity index (χ2n) is 4.84. The van der Waals surface area contributed by atoms with Gasteiger partial charge in [-0.3, -0.25) is 9.78 Å². The first-order chi connectivity index (χ1) is 10.4. The summed E-state index contributed by atoms with van der Waals surface area (Å²) in [6, 6.07) is 7.64. The summed E-state index contributed by atoms with van der Waals surface area (Å²) in [6.45, 7) is 1.90. The Morgan fingerprint density at radius 2 is 1.91 bits per heavy atom. The molecule has 0 aromatic carbocycles. The number of hydrogen-bond acceptors (Lipinski definition) is 5. The molecule has 1 atom stereocenters. The van der Waals surface area contributed by atoms with Crippen molar-refractivity contribution in [3.05, 3.63) is 54.0 Å². The summed E-state index contributed by atoms with van der Waals surface area (Å²) in [4.78, 5) is 20.2. The summed E-state index contributed by atoms with van der Waals surface area (Å²) in [6.07, 6.45) is 4.78. The molecule has 7 heteroatoms. The molecule has 0 aliphatic heterocycles. The average molecular weight is 319 g/mol. The summed E-state index contributed by atoms with van der Waals surface area (Å²) >= 11 is 0. The molecule has 0 saturated carbocycles. The van der Waals surface area contributed by atoms with Crippen molar-refractivity contribution in [1.82, 2.24) is 15.3 Å². The molecule has 0 radical (unpaired) electrons. The van der Waals surface area contributed by atoms with Gasteiger partial charge >= 0.3 is 0 Å². The minimum absolute atomic E-state index is 0.00149. The van der Waals surface area contributed by atoms with E-state index in [9.17, 15) is 13.2 Å². The molecule has 0 aliphatic rings. The summed E-state index contributed by atoms with van der Waals surface area (Å²) < 4.78 is 23.2. The quantitative estimate of drug-likeness (QED) is 0.907. The van der Waals surface area contributed by atoms with E-state index in [1.54, 1.807) is 36.7 Å². The van der Waals surface area contributed by atoms with Gasteiger partial charge in [0.2, 0.25) is 0 Å². The molecule has 2 heterocycles. The first-order valence-corrected chi connectivity index (χ1v) is 8.69. The lowest BCUT2D eigenvalue weighted by molar-refractivity contribution is 0.0934. The van der Waals surface area contributed by atoms with Crippen LogP contribution in [0.4, 0.5) is 0 Å². The number of hydrogen-bond donors (Lipinski definition) is 1. The van der Waals surface area contributed by atoms with Crippen molar-refractivity contribution in [2.24, 2.45) is 0 Å². The maximum absolute atomic E-state index is 12.2. The third kappa shape index (κ3) is 3.88. The molecule has 2 rings (SSSR count). The molecule has 1 N–H and O–H groups in total. The highest BCUT2D eigenvalue weighted by Crippen LogP contribution is 2.17. The van der Waals surface area contributed by atoms with Gasteiger partial charge in [0.05, 0.1) is 11.7 Å². The maximum Gasteiger partial charge on any atom is 0.251 e. The number of nitrogens with zero attached hydrogens (tertiary/aromatic N) is 2. The molecule has 2 aromatic rings. The van der Waals surface area contributed by atoms with Crippen LogP contribution >= 0.6 is 0 Å². The van der Waals surface area contributed by atoms with E-state index in [2.05, 4.69) is 15.3 Å². The molecule has 6 nitrogen and oxygen atoms in total. The number of nitrogens with one attached hydrogen (secondary N) is 1.